The fourth-order valence-electron chi connectivity index (χ4n) is 1.96. The van der Waals surface area contributed by atoms with Crippen LogP contribution in [-0.4, -0.2) is 82.6 Å². The van der Waals surface area contributed by atoms with Crippen LogP contribution in [0.25, 0.3) is 0 Å². The van der Waals surface area contributed by atoms with Crippen molar-refractivity contribution in [2.24, 2.45) is 0 Å². The van der Waals surface area contributed by atoms with E-state index in [1.54, 1.807) is 6.92 Å². The van der Waals surface area contributed by atoms with Gasteiger partial charge in [0, 0.05) is 13.1 Å². The molecule has 0 fully saturated rings. The largest absolute Gasteiger partial charge is 0.480 e. The molecule has 2 amide bonds. The summed E-state index contributed by atoms with van der Waals surface area (Å²) in [7, 11) is 0. The highest BCUT2D eigenvalue weighted by atomic mass is 32.1. The molecule has 4 N–H and O–H groups in total. The van der Waals surface area contributed by atoms with Crippen LogP contribution in [0.3, 0.4) is 0 Å². The Kier molecular flexibility index (Phi) is 15.6. The first-order valence-electron chi connectivity index (χ1n) is 9.01. The van der Waals surface area contributed by atoms with Crippen molar-refractivity contribution in [1.82, 2.24) is 16.0 Å². The van der Waals surface area contributed by atoms with E-state index in [-0.39, 0.29) is 6.61 Å². The minimum atomic E-state index is -1.20. The van der Waals surface area contributed by atoms with Crippen LogP contribution in [-0.2, 0) is 23.9 Å². The summed E-state index contributed by atoms with van der Waals surface area (Å²) < 4.78 is 4.80. The molecule has 4 unspecified atom stereocenters. The van der Waals surface area contributed by atoms with Gasteiger partial charge in [-0.05, 0) is 32.9 Å². The number of amides is 2. The van der Waals surface area contributed by atoms with Gasteiger partial charge >= 0.3 is 11.9 Å². The van der Waals surface area contributed by atoms with Crippen LogP contribution in [0.15, 0.2) is 0 Å². The van der Waals surface area contributed by atoms with Crippen molar-refractivity contribution in [3.05, 3.63) is 0 Å². The average Bonchev–Trinajstić information content (AvgIpc) is 2.69. The molecule has 0 saturated heterocycles. The van der Waals surface area contributed by atoms with Crippen molar-refractivity contribution in [1.29, 1.82) is 0 Å². The van der Waals surface area contributed by atoms with Crippen LogP contribution < -0.4 is 16.0 Å². The second-order valence-electron chi connectivity index (χ2n) is 5.91. The highest BCUT2D eigenvalue weighted by molar-refractivity contribution is 7.86. The minimum Gasteiger partial charge on any atom is -0.480 e. The number of ether oxygens (including phenoxy) is 1. The van der Waals surface area contributed by atoms with Gasteiger partial charge < -0.3 is 25.8 Å². The molecule has 0 radical (unpaired) electrons. The number of hydrogen-bond acceptors (Lipinski definition) is 10. The van der Waals surface area contributed by atoms with Crippen molar-refractivity contribution >= 4 is 74.3 Å². The molecule has 9 nitrogen and oxygen atoms in total. The molecule has 29 heavy (non-hydrogen) atoms. The van der Waals surface area contributed by atoms with Crippen molar-refractivity contribution < 1.29 is 29.0 Å². The molecule has 0 spiro atoms. The zero-order chi connectivity index (χ0) is 22.4. The van der Waals surface area contributed by atoms with E-state index in [9.17, 15) is 19.2 Å². The first-order valence-corrected chi connectivity index (χ1v) is 11.1. The monoisotopic (exact) mass is 487 g/mol. The zero-order valence-electron chi connectivity index (χ0n) is 16.0. The molecule has 0 aromatic heterocycles. The maximum Gasteiger partial charge on any atom is 0.320 e. The topological polar surface area (TPSA) is 134 Å². The van der Waals surface area contributed by atoms with Gasteiger partial charge in [-0.2, -0.15) is 50.5 Å². The Balaban J connectivity index is 3.78. The summed E-state index contributed by atoms with van der Waals surface area (Å²) >= 11 is 15.9. The van der Waals surface area contributed by atoms with Crippen molar-refractivity contribution in [3.63, 3.8) is 0 Å². The molecule has 0 aliphatic heterocycles. The Hall–Kier alpha value is -0.760. The summed E-state index contributed by atoms with van der Waals surface area (Å²) in [5.74, 6) is -2.66. The third kappa shape index (κ3) is 11.9. The van der Waals surface area contributed by atoms with E-state index >= 15 is 0 Å². The SMILES string of the molecule is CCOC(=O)C(S)C(S)C(=O)NCCCNCCCNC(=O)C(S)C(S)C(=O)O. The Morgan fingerprint density at radius 2 is 1.24 bits per heavy atom. The maximum atomic E-state index is 11.9. The zero-order valence-corrected chi connectivity index (χ0v) is 19.6. The second-order valence-corrected chi connectivity index (χ2v) is 8.13. The number of carboxylic acids is 1. The van der Waals surface area contributed by atoms with Gasteiger partial charge in [0.05, 0.1) is 6.61 Å². The van der Waals surface area contributed by atoms with E-state index in [1.807, 2.05) is 0 Å². The standard InChI is InChI=1S/C16H29N3O6S4/c1-2-25-16(24)12(29)10(27)14(21)19-8-4-6-17-5-3-7-18-13(20)9(26)11(28)15(22)23/h9-12,17,26-29H,2-8H2,1H3,(H,18,20)(H,19,21)(H,22,23). The number of aliphatic carboxylic acids is 1. The van der Waals surface area contributed by atoms with Gasteiger partial charge in [-0.15, -0.1) is 0 Å². The van der Waals surface area contributed by atoms with Gasteiger partial charge in [-0.25, -0.2) is 0 Å². The summed E-state index contributed by atoms with van der Waals surface area (Å²) in [6, 6.07) is 0. The molecule has 4 atom stereocenters. The van der Waals surface area contributed by atoms with Crippen LogP contribution in [0.4, 0.5) is 0 Å². The third-order valence-corrected chi connectivity index (χ3v) is 6.14. The summed E-state index contributed by atoms with van der Waals surface area (Å²) in [5.41, 5.74) is 0. The van der Waals surface area contributed by atoms with Crippen molar-refractivity contribution in [3.8, 4) is 0 Å². The second kappa shape index (κ2) is 16.0. The number of thiol groups is 4. The molecular weight excluding hydrogens is 458 g/mol. The summed E-state index contributed by atoms with van der Waals surface area (Å²) in [5, 5.41) is 13.2. The first-order chi connectivity index (χ1) is 13.6. The number of carboxylic acid groups (broad SMARTS) is 1. The Bertz CT molecular complexity index is 555. The lowest BCUT2D eigenvalue weighted by Gasteiger charge is -2.16. The molecular formula is C16H29N3O6S4. The lowest BCUT2D eigenvalue weighted by Crippen LogP contribution is -2.41. The van der Waals surface area contributed by atoms with Crippen LogP contribution in [0.2, 0.25) is 0 Å². The van der Waals surface area contributed by atoms with E-state index in [2.05, 4.69) is 66.5 Å². The van der Waals surface area contributed by atoms with Crippen molar-refractivity contribution in [2.45, 2.75) is 40.8 Å². The lowest BCUT2D eigenvalue weighted by atomic mass is 10.2. The highest BCUT2D eigenvalue weighted by Gasteiger charge is 2.29. The van der Waals surface area contributed by atoms with Gasteiger partial charge in [-0.1, -0.05) is 0 Å². The fraction of sp³-hybridized carbons (Fsp3) is 0.750. The van der Waals surface area contributed by atoms with Gasteiger partial charge in [0.2, 0.25) is 11.8 Å². The molecule has 0 aromatic rings. The number of nitrogens with one attached hydrogen (secondary N) is 3. The smallest absolute Gasteiger partial charge is 0.320 e. The molecule has 0 aliphatic rings. The summed E-state index contributed by atoms with van der Waals surface area (Å²) in [6.45, 7) is 3.93. The van der Waals surface area contributed by atoms with E-state index < -0.39 is 44.8 Å². The minimum absolute atomic E-state index is 0.209. The first kappa shape index (κ1) is 28.2. The van der Waals surface area contributed by atoms with Crippen LogP contribution in [0.1, 0.15) is 19.8 Å². The number of rotatable bonds is 15. The molecule has 0 bridgehead atoms. The fourth-order valence-corrected chi connectivity index (χ4v) is 2.74. The van der Waals surface area contributed by atoms with Crippen molar-refractivity contribution in [2.75, 3.05) is 32.8 Å². The summed E-state index contributed by atoms with van der Waals surface area (Å²) in [6.07, 6.45) is 1.30. The number of hydrogen-bond donors (Lipinski definition) is 8. The predicted octanol–water partition coefficient (Wildman–Crippen LogP) is -0.570. The average molecular weight is 488 g/mol. The van der Waals surface area contributed by atoms with Crippen LogP contribution >= 0.6 is 50.5 Å². The molecule has 0 rings (SSSR count). The molecule has 13 heteroatoms. The predicted molar refractivity (Wildman–Crippen MR) is 123 cm³/mol. The molecule has 168 valence electrons. The normalized spacial score (nSPS) is 14.9. The quantitative estimate of drug-likeness (QED) is 0.0881. The van der Waals surface area contributed by atoms with Gasteiger partial charge in [-0.3, -0.25) is 19.2 Å². The molecule has 0 heterocycles. The Morgan fingerprint density at radius 3 is 1.66 bits per heavy atom. The van der Waals surface area contributed by atoms with Crippen LogP contribution in [0, 0.1) is 0 Å². The van der Waals surface area contributed by atoms with Crippen LogP contribution in [0.5, 0.6) is 0 Å². The number of carbonyl (C=O) groups is 4. The molecule has 0 aromatic carbocycles. The van der Waals surface area contributed by atoms with E-state index in [1.165, 1.54) is 0 Å². The Morgan fingerprint density at radius 1 is 0.793 bits per heavy atom. The van der Waals surface area contributed by atoms with E-state index in [4.69, 9.17) is 9.84 Å². The highest BCUT2D eigenvalue weighted by Crippen LogP contribution is 2.11. The lowest BCUT2D eigenvalue weighted by molar-refractivity contribution is -0.143. The van der Waals surface area contributed by atoms with Gasteiger partial charge in [0.1, 0.15) is 21.0 Å². The number of carbonyl (C=O) groups excluding carboxylic acids is 3. The number of esters is 1. The van der Waals surface area contributed by atoms with E-state index in [0.717, 1.165) is 0 Å². The maximum absolute atomic E-state index is 11.9. The van der Waals surface area contributed by atoms with E-state index in [0.29, 0.717) is 39.0 Å². The van der Waals surface area contributed by atoms with Gasteiger partial charge in [0.15, 0.2) is 0 Å². The Labute approximate surface area is 192 Å². The summed E-state index contributed by atoms with van der Waals surface area (Å²) in [4.78, 5) is 45.9. The molecule has 0 saturated carbocycles. The van der Waals surface area contributed by atoms with Gasteiger partial charge in [0.25, 0.3) is 0 Å². The third-order valence-electron chi connectivity index (χ3n) is 3.58. The molecule has 0 aliphatic carbocycles.